The van der Waals surface area contributed by atoms with Crippen molar-refractivity contribution in [2.75, 3.05) is 18.6 Å². The molecule has 2 rings (SSSR count). The monoisotopic (exact) mass is 347 g/mol. The van der Waals surface area contributed by atoms with Gasteiger partial charge >= 0.3 is 0 Å². The lowest BCUT2D eigenvalue weighted by Crippen LogP contribution is -2.36. The number of sulfone groups is 1. The van der Waals surface area contributed by atoms with Crippen LogP contribution >= 0.6 is 23.2 Å². The molecule has 1 aromatic rings. The van der Waals surface area contributed by atoms with Crippen LogP contribution in [0.15, 0.2) is 24.3 Å². The topological polar surface area (TPSA) is 54.5 Å². The molecule has 1 unspecified atom stereocenters. The zero-order chi connectivity index (χ0) is 15.6. The molecule has 0 bridgehead atoms. The van der Waals surface area contributed by atoms with Crippen molar-refractivity contribution in [1.29, 1.82) is 0 Å². The van der Waals surface area contributed by atoms with Gasteiger partial charge in [0.1, 0.15) is 0 Å². The van der Waals surface area contributed by atoms with Crippen LogP contribution in [-0.4, -0.2) is 43.8 Å². The standard InChI is InChI=1S/C14H15Cl2NO3S/c1-17(11-6-7-21(19,20)9-11)14(18)5-3-10-2-4-12(15)13(16)8-10/h2-5,8,11H,6-7,9H2,1H3/b5-3+. The highest BCUT2D eigenvalue weighted by Gasteiger charge is 2.31. The van der Waals surface area contributed by atoms with E-state index in [-0.39, 0.29) is 23.5 Å². The predicted molar refractivity (Wildman–Crippen MR) is 85.3 cm³/mol. The number of halogens is 2. The van der Waals surface area contributed by atoms with Gasteiger partial charge in [0.05, 0.1) is 21.6 Å². The summed E-state index contributed by atoms with van der Waals surface area (Å²) in [6.07, 6.45) is 3.53. The number of hydrogen-bond acceptors (Lipinski definition) is 3. The van der Waals surface area contributed by atoms with E-state index in [4.69, 9.17) is 23.2 Å². The Labute approximate surface area is 134 Å². The quantitative estimate of drug-likeness (QED) is 0.789. The summed E-state index contributed by atoms with van der Waals surface area (Å²) < 4.78 is 22.9. The Morgan fingerprint density at radius 2 is 2.05 bits per heavy atom. The minimum Gasteiger partial charge on any atom is -0.338 e. The molecule has 21 heavy (non-hydrogen) atoms. The van der Waals surface area contributed by atoms with Gasteiger partial charge in [-0.05, 0) is 30.2 Å². The maximum Gasteiger partial charge on any atom is 0.246 e. The van der Waals surface area contributed by atoms with Gasteiger partial charge < -0.3 is 4.90 Å². The molecule has 0 radical (unpaired) electrons. The molecular weight excluding hydrogens is 333 g/mol. The smallest absolute Gasteiger partial charge is 0.246 e. The van der Waals surface area contributed by atoms with Crippen molar-refractivity contribution in [1.82, 2.24) is 4.90 Å². The molecule has 0 N–H and O–H groups in total. The Morgan fingerprint density at radius 1 is 1.33 bits per heavy atom. The van der Waals surface area contributed by atoms with Crippen LogP contribution < -0.4 is 0 Å². The summed E-state index contributed by atoms with van der Waals surface area (Å²) in [5.74, 6) is -0.0510. The number of hydrogen-bond donors (Lipinski definition) is 0. The molecule has 1 aliphatic heterocycles. The summed E-state index contributed by atoms with van der Waals surface area (Å²) in [7, 11) is -1.38. The number of amides is 1. The fourth-order valence-corrected chi connectivity index (χ4v) is 4.24. The lowest BCUT2D eigenvalue weighted by atomic mass is 10.2. The van der Waals surface area contributed by atoms with Crippen molar-refractivity contribution in [2.45, 2.75) is 12.5 Å². The zero-order valence-electron chi connectivity index (χ0n) is 11.4. The number of carbonyl (C=O) groups is 1. The second kappa shape index (κ2) is 6.38. The van der Waals surface area contributed by atoms with E-state index in [1.807, 2.05) is 0 Å². The first-order chi connectivity index (χ1) is 9.78. The highest BCUT2D eigenvalue weighted by molar-refractivity contribution is 7.91. The van der Waals surface area contributed by atoms with Crippen molar-refractivity contribution in [3.05, 3.63) is 39.9 Å². The van der Waals surface area contributed by atoms with Gasteiger partial charge in [-0.3, -0.25) is 4.79 Å². The summed E-state index contributed by atoms with van der Waals surface area (Å²) in [4.78, 5) is 13.5. The molecule has 0 aromatic heterocycles. The molecule has 1 aliphatic rings. The summed E-state index contributed by atoms with van der Waals surface area (Å²) in [6.45, 7) is 0. The van der Waals surface area contributed by atoms with Crippen molar-refractivity contribution in [3.8, 4) is 0 Å². The molecular formula is C14H15Cl2NO3S. The van der Waals surface area contributed by atoms with Gasteiger partial charge in [-0.25, -0.2) is 8.42 Å². The Kier molecular flexibility index (Phi) is 4.96. The number of benzene rings is 1. The molecule has 1 atom stereocenters. The number of rotatable bonds is 3. The molecule has 0 saturated carbocycles. The molecule has 4 nitrogen and oxygen atoms in total. The van der Waals surface area contributed by atoms with E-state index in [1.165, 1.54) is 11.0 Å². The molecule has 1 saturated heterocycles. The zero-order valence-corrected chi connectivity index (χ0v) is 13.7. The first kappa shape index (κ1) is 16.3. The van der Waals surface area contributed by atoms with E-state index >= 15 is 0 Å². The lowest BCUT2D eigenvalue weighted by molar-refractivity contribution is -0.126. The Balaban J connectivity index is 2.03. The largest absolute Gasteiger partial charge is 0.338 e. The van der Waals surface area contributed by atoms with Crippen molar-refractivity contribution < 1.29 is 13.2 Å². The summed E-state index contributed by atoms with van der Waals surface area (Å²) in [5.41, 5.74) is 0.755. The van der Waals surface area contributed by atoms with Crippen molar-refractivity contribution in [3.63, 3.8) is 0 Å². The number of likely N-dealkylation sites (N-methyl/N-ethyl adjacent to an activating group) is 1. The van der Waals surface area contributed by atoms with Gasteiger partial charge in [-0.2, -0.15) is 0 Å². The molecule has 1 amide bonds. The first-order valence-corrected chi connectivity index (χ1v) is 8.96. The normalized spacial score (nSPS) is 20.8. The van der Waals surface area contributed by atoms with Crippen LogP contribution in [0.25, 0.3) is 6.08 Å². The fourth-order valence-electron chi connectivity index (χ4n) is 2.16. The molecule has 0 spiro atoms. The average Bonchev–Trinajstić information content (AvgIpc) is 2.79. The highest BCUT2D eigenvalue weighted by atomic mass is 35.5. The van der Waals surface area contributed by atoms with Gasteiger partial charge in [0.2, 0.25) is 5.91 Å². The maximum atomic E-state index is 12.1. The second-order valence-electron chi connectivity index (χ2n) is 5.01. The molecule has 1 aromatic carbocycles. The summed E-state index contributed by atoms with van der Waals surface area (Å²) in [5, 5.41) is 0.870. The van der Waals surface area contributed by atoms with Crippen LogP contribution in [0.2, 0.25) is 10.0 Å². The van der Waals surface area contributed by atoms with Crippen LogP contribution in [0.3, 0.4) is 0 Å². The number of carbonyl (C=O) groups excluding carboxylic acids is 1. The van der Waals surface area contributed by atoms with Gasteiger partial charge in [0.15, 0.2) is 9.84 Å². The third kappa shape index (κ3) is 4.22. The van der Waals surface area contributed by atoms with Crippen LogP contribution in [-0.2, 0) is 14.6 Å². The molecule has 7 heteroatoms. The second-order valence-corrected chi connectivity index (χ2v) is 8.06. The van der Waals surface area contributed by atoms with Gasteiger partial charge in [0.25, 0.3) is 0 Å². The summed E-state index contributed by atoms with van der Waals surface area (Å²) >= 11 is 11.7. The third-order valence-corrected chi connectivity index (χ3v) is 5.96. The average molecular weight is 348 g/mol. The van der Waals surface area contributed by atoms with Gasteiger partial charge in [0, 0.05) is 19.2 Å². The van der Waals surface area contributed by atoms with E-state index in [1.54, 1.807) is 31.3 Å². The Hall–Kier alpha value is -1.04. The fraction of sp³-hybridized carbons (Fsp3) is 0.357. The van der Waals surface area contributed by atoms with E-state index in [9.17, 15) is 13.2 Å². The van der Waals surface area contributed by atoms with E-state index in [0.717, 1.165) is 5.56 Å². The van der Waals surface area contributed by atoms with Crippen LogP contribution in [0.4, 0.5) is 0 Å². The molecule has 114 valence electrons. The Bertz CT molecular complexity index is 685. The lowest BCUT2D eigenvalue weighted by Gasteiger charge is -2.21. The van der Waals surface area contributed by atoms with E-state index in [2.05, 4.69) is 0 Å². The van der Waals surface area contributed by atoms with E-state index in [0.29, 0.717) is 16.5 Å². The first-order valence-electron chi connectivity index (χ1n) is 6.39. The molecule has 1 fully saturated rings. The molecule has 0 aliphatic carbocycles. The SMILES string of the molecule is CN(C(=O)/C=C/c1ccc(Cl)c(Cl)c1)C1CCS(=O)(=O)C1. The summed E-state index contributed by atoms with van der Waals surface area (Å²) in [6, 6.07) is 4.81. The Morgan fingerprint density at radius 3 is 2.62 bits per heavy atom. The van der Waals surface area contributed by atoms with Gasteiger partial charge in [-0.1, -0.05) is 29.3 Å². The minimum atomic E-state index is -3.00. The maximum absolute atomic E-state index is 12.1. The third-order valence-electron chi connectivity index (χ3n) is 3.47. The van der Waals surface area contributed by atoms with Crippen LogP contribution in [0, 0.1) is 0 Å². The van der Waals surface area contributed by atoms with Crippen LogP contribution in [0.1, 0.15) is 12.0 Å². The van der Waals surface area contributed by atoms with E-state index < -0.39 is 9.84 Å². The highest BCUT2D eigenvalue weighted by Crippen LogP contribution is 2.23. The van der Waals surface area contributed by atoms with Gasteiger partial charge in [-0.15, -0.1) is 0 Å². The predicted octanol–water partition coefficient (Wildman–Crippen LogP) is 2.65. The minimum absolute atomic E-state index is 0.0376. The molecule has 1 heterocycles. The van der Waals surface area contributed by atoms with Crippen LogP contribution in [0.5, 0.6) is 0 Å². The number of nitrogens with zero attached hydrogens (tertiary/aromatic N) is 1. The van der Waals surface area contributed by atoms with Crippen molar-refractivity contribution in [2.24, 2.45) is 0 Å². The van der Waals surface area contributed by atoms with Crippen molar-refractivity contribution >= 4 is 45.0 Å².